The van der Waals surface area contributed by atoms with Gasteiger partial charge in [0.25, 0.3) is 5.91 Å². The fraction of sp³-hybridized carbons (Fsp3) is 0.235. The van der Waals surface area contributed by atoms with Crippen LogP contribution >= 0.6 is 0 Å². The Kier molecular flexibility index (Phi) is 4.60. The molecule has 0 fully saturated rings. The molecule has 2 aromatic carbocycles. The normalized spacial score (nSPS) is 10.4. The van der Waals surface area contributed by atoms with Crippen molar-refractivity contribution >= 4 is 17.3 Å². The first kappa shape index (κ1) is 15.1. The Balaban J connectivity index is 2.28. The lowest BCUT2D eigenvalue weighted by Gasteiger charge is -2.13. The van der Waals surface area contributed by atoms with Gasteiger partial charge in [-0.2, -0.15) is 0 Å². The van der Waals surface area contributed by atoms with Crippen molar-refractivity contribution in [2.24, 2.45) is 0 Å². The van der Waals surface area contributed by atoms with Crippen molar-refractivity contribution in [3.8, 4) is 0 Å². The second-order valence-electron chi connectivity index (χ2n) is 5.07. The molecule has 0 atom stereocenters. The number of methoxy groups -OCH3 is 1. The second-order valence-corrected chi connectivity index (χ2v) is 5.07. The average molecular weight is 284 g/mol. The summed E-state index contributed by atoms with van der Waals surface area (Å²) in [5.74, 6) is -0.164. The molecule has 0 saturated heterocycles. The molecule has 0 unspecified atom stereocenters. The van der Waals surface area contributed by atoms with E-state index in [2.05, 4.69) is 5.32 Å². The van der Waals surface area contributed by atoms with Gasteiger partial charge in [0.05, 0.1) is 6.61 Å². The van der Waals surface area contributed by atoms with Crippen LogP contribution in [0.5, 0.6) is 0 Å². The van der Waals surface area contributed by atoms with Gasteiger partial charge >= 0.3 is 0 Å². The summed E-state index contributed by atoms with van der Waals surface area (Å²) in [5.41, 5.74) is 10.7. The van der Waals surface area contributed by atoms with Crippen molar-refractivity contribution in [1.82, 2.24) is 0 Å². The highest BCUT2D eigenvalue weighted by molar-refractivity contribution is 6.06. The zero-order valence-corrected chi connectivity index (χ0v) is 12.6. The van der Waals surface area contributed by atoms with Crippen molar-refractivity contribution in [2.75, 3.05) is 18.2 Å². The summed E-state index contributed by atoms with van der Waals surface area (Å²) in [7, 11) is 1.63. The van der Waals surface area contributed by atoms with Crippen LogP contribution in [0.3, 0.4) is 0 Å². The molecule has 0 aliphatic carbocycles. The molecular weight excluding hydrogens is 264 g/mol. The Bertz CT molecular complexity index is 666. The minimum atomic E-state index is -0.164. The van der Waals surface area contributed by atoms with Crippen molar-refractivity contribution < 1.29 is 9.53 Å². The highest BCUT2D eigenvalue weighted by Gasteiger charge is 2.12. The molecule has 2 aromatic rings. The van der Waals surface area contributed by atoms with E-state index in [1.807, 2.05) is 44.2 Å². The van der Waals surface area contributed by atoms with Gasteiger partial charge in [0.1, 0.15) is 0 Å². The quantitative estimate of drug-likeness (QED) is 0.847. The third-order valence-electron chi connectivity index (χ3n) is 3.42. The largest absolute Gasteiger partial charge is 0.398 e. The molecule has 4 heteroatoms. The average Bonchev–Trinajstić information content (AvgIpc) is 2.45. The molecule has 2 rings (SSSR count). The van der Waals surface area contributed by atoms with Gasteiger partial charge in [0, 0.05) is 29.6 Å². The molecular formula is C17H20N2O2. The van der Waals surface area contributed by atoms with E-state index in [4.69, 9.17) is 10.5 Å². The van der Waals surface area contributed by atoms with E-state index in [1.165, 1.54) is 0 Å². The number of benzene rings is 2. The Labute approximate surface area is 124 Å². The maximum Gasteiger partial charge on any atom is 0.256 e. The molecule has 21 heavy (non-hydrogen) atoms. The van der Waals surface area contributed by atoms with Crippen LogP contribution < -0.4 is 11.1 Å². The molecule has 0 spiro atoms. The highest BCUT2D eigenvalue weighted by atomic mass is 16.5. The van der Waals surface area contributed by atoms with Gasteiger partial charge < -0.3 is 15.8 Å². The molecule has 1 amide bonds. The fourth-order valence-electron chi connectivity index (χ4n) is 2.23. The number of nitrogen functional groups attached to an aromatic ring is 1. The lowest BCUT2D eigenvalue weighted by Crippen LogP contribution is -2.15. The van der Waals surface area contributed by atoms with Gasteiger partial charge in [-0.3, -0.25) is 4.79 Å². The van der Waals surface area contributed by atoms with E-state index in [0.717, 1.165) is 22.4 Å². The molecule has 0 radical (unpaired) electrons. The lowest BCUT2D eigenvalue weighted by atomic mass is 10.0. The van der Waals surface area contributed by atoms with Crippen LogP contribution in [0.15, 0.2) is 36.4 Å². The van der Waals surface area contributed by atoms with Crippen LogP contribution in [0.25, 0.3) is 0 Å². The first-order valence-electron chi connectivity index (χ1n) is 6.78. The van der Waals surface area contributed by atoms with E-state index in [9.17, 15) is 4.79 Å². The Morgan fingerprint density at radius 3 is 2.62 bits per heavy atom. The molecule has 3 N–H and O–H groups in total. The van der Waals surface area contributed by atoms with Gasteiger partial charge in [0.15, 0.2) is 0 Å². The standard InChI is InChI=1S/C17H20N2O2/c1-11-8-12(2)15(18)9-14(11)17(20)19-16-7-5-4-6-13(16)10-21-3/h4-9H,10,18H2,1-3H3,(H,19,20). The first-order valence-corrected chi connectivity index (χ1v) is 6.78. The number of para-hydroxylation sites is 1. The maximum absolute atomic E-state index is 12.4. The summed E-state index contributed by atoms with van der Waals surface area (Å²) in [6.45, 7) is 4.28. The number of nitrogens with two attached hydrogens (primary N) is 1. The number of carbonyl (C=O) groups excluding carboxylic acids is 1. The lowest BCUT2D eigenvalue weighted by molar-refractivity contribution is 0.102. The number of rotatable bonds is 4. The van der Waals surface area contributed by atoms with E-state index in [-0.39, 0.29) is 5.91 Å². The molecule has 0 aliphatic heterocycles. The smallest absolute Gasteiger partial charge is 0.256 e. The van der Waals surface area contributed by atoms with E-state index >= 15 is 0 Å². The van der Waals surface area contributed by atoms with Gasteiger partial charge in [0.2, 0.25) is 0 Å². The molecule has 0 aromatic heterocycles. The SMILES string of the molecule is COCc1ccccc1NC(=O)c1cc(N)c(C)cc1C. The predicted molar refractivity (Wildman–Crippen MR) is 85.4 cm³/mol. The van der Waals surface area contributed by atoms with Crippen LogP contribution in [0.1, 0.15) is 27.0 Å². The second kappa shape index (κ2) is 6.41. The molecule has 110 valence electrons. The van der Waals surface area contributed by atoms with Crippen LogP contribution in [0.2, 0.25) is 0 Å². The molecule has 4 nitrogen and oxygen atoms in total. The third-order valence-corrected chi connectivity index (χ3v) is 3.42. The van der Waals surface area contributed by atoms with Crippen molar-refractivity contribution in [3.63, 3.8) is 0 Å². The molecule has 0 aliphatic rings. The van der Waals surface area contributed by atoms with Gasteiger partial charge in [-0.15, -0.1) is 0 Å². The van der Waals surface area contributed by atoms with Crippen LogP contribution in [-0.2, 0) is 11.3 Å². The Morgan fingerprint density at radius 2 is 1.90 bits per heavy atom. The number of hydrogen-bond acceptors (Lipinski definition) is 3. The Hall–Kier alpha value is -2.33. The minimum Gasteiger partial charge on any atom is -0.398 e. The predicted octanol–water partition coefficient (Wildman–Crippen LogP) is 3.28. The first-order chi connectivity index (χ1) is 10.0. The zero-order chi connectivity index (χ0) is 15.4. The summed E-state index contributed by atoms with van der Waals surface area (Å²) < 4.78 is 5.14. The summed E-state index contributed by atoms with van der Waals surface area (Å²) in [5, 5.41) is 2.92. The van der Waals surface area contributed by atoms with Crippen molar-refractivity contribution in [3.05, 3.63) is 58.7 Å². The van der Waals surface area contributed by atoms with Gasteiger partial charge in [-0.05, 0) is 37.1 Å². The summed E-state index contributed by atoms with van der Waals surface area (Å²) in [6, 6.07) is 11.2. The van der Waals surface area contributed by atoms with Gasteiger partial charge in [-0.1, -0.05) is 24.3 Å². The van der Waals surface area contributed by atoms with Crippen LogP contribution in [0, 0.1) is 13.8 Å². The Morgan fingerprint density at radius 1 is 1.19 bits per heavy atom. The molecule has 0 bridgehead atoms. The summed E-state index contributed by atoms with van der Waals surface area (Å²) in [4.78, 5) is 12.4. The third kappa shape index (κ3) is 3.41. The number of carbonyl (C=O) groups is 1. The summed E-state index contributed by atoms with van der Waals surface area (Å²) in [6.07, 6.45) is 0. The number of amides is 1. The topological polar surface area (TPSA) is 64.3 Å². The van der Waals surface area contributed by atoms with Crippen LogP contribution in [-0.4, -0.2) is 13.0 Å². The molecule has 0 saturated carbocycles. The number of ether oxygens (including phenoxy) is 1. The highest BCUT2D eigenvalue weighted by Crippen LogP contribution is 2.21. The number of hydrogen-bond donors (Lipinski definition) is 2. The van der Waals surface area contributed by atoms with E-state index < -0.39 is 0 Å². The minimum absolute atomic E-state index is 0.164. The monoisotopic (exact) mass is 284 g/mol. The van der Waals surface area contributed by atoms with Crippen LogP contribution in [0.4, 0.5) is 11.4 Å². The number of nitrogens with one attached hydrogen (secondary N) is 1. The van der Waals surface area contributed by atoms with Gasteiger partial charge in [-0.25, -0.2) is 0 Å². The number of anilines is 2. The molecule has 0 heterocycles. The summed E-state index contributed by atoms with van der Waals surface area (Å²) >= 11 is 0. The fourth-order valence-corrected chi connectivity index (χ4v) is 2.23. The number of aryl methyl sites for hydroxylation is 2. The van der Waals surface area contributed by atoms with Crippen molar-refractivity contribution in [1.29, 1.82) is 0 Å². The van der Waals surface area contributed by atoms with Crippen molar-refractivity contribution in [2.45, 2.75) is 20.5 Å². The zero-order valence-electron chi connectivity index (χ0n) is 12.6. The maximum atomic E-state index is 12.4. The van der Waals surface area contributed by atoms with E-state index in [0.29, 0.717) is 17.9 Å². The van der Waals surface area contributed by atoms with E-state index in [1.54, 1.807) is 13.2 Å².